The monoisotopic (exact) mass is 289 g/mol. The minimum atomic E-state index is -0.259. The fourth-order valence-corrected chi connectivity index (χ4v) is 1.88. The van der Waals surface area contributed by atoms with E-state index in [-0.39, 0.29) is 6.03 Å². The van der Waals surface area contributed by atoms with Crippen molar-refractivity contribution < 1.29 is 4.79 Å². The van der Waals surface area contributed by atoms with E-state index in [1.807, 2.05) is 24.3 Å². The summed E-state index contributed by atoms with van der Waals surface area (Å²) in [6.45, 7) is 0.943. The van der Waals surface area contributed by atoms with Crippen LogP contribution < -0.4 is 16.4 Å². The molecule has 0 aliphatic carbocycles. The molecule has 0 aromatic heterocycles. The van der Waals surface area contributed by atoms with Crippen LogP contribution in [-0.4, -0.2) is 6.03 Å². The van der Waals surface area contributed by atoms with Gasteiger partial charge in [-0.2, -0.15) is 0 Å². The molecule has 2 rings (SSSR count). The van der Waals surface area contributed by atoms with Crippen LogP contribution in [0, 0.1) is 0 Å². The molecule has 5 heteroatoms. The Balaban J connectivity index is 1.87. The third kappa shape index (κ3) is 4.26. The zero-order valence-corrected chi connectivity index (χ0v) is 11.7. The molecule has 0 unspecified atom stereocenters. The quantitative estimate of drug-likeness (QED) is 0.809. The summed E-state index contributed by atoms with van der Waals surface area (Å²) >= 11 is 5.78. The molecule has 0 saturated heterocycles. The summed E-state index contributed by atoms with van der Waals surface area (Å²) in [5.74, 6) is 0. The van der Waals surface area contributed by atoms with E-state index >= 15 is 0 Å². The molecular formula is C15H16ClN3O. The summed E-state index contributed by atoms with van der Waals surface area (Å²) in [7, 11) is 0. The number of nitrogens with two attached hydrogens (primary N) is 1. The molecule has 0 spiro atoms. The van der Waals surface area contributed by atoms with E-state index in [9.17, 15) is 4.79 Å². The molecule has 0 heterocycles. The highest BCUT2D eigenvalue weighted by atomic mass is 35.5. The number of amides is 2. The predicted octanol–water partition coefficient (Wildman–Crippen LogP) is 3.12. The maximum atomic E-state index is 11.7. The number of benzene rings is 2. The number of anilines is 1. The van der Waals surface area contributed by atoms with Gasteiger partial charge < -0.3 is 16.4 Å². The Morgan fingerprint density at radius 1 is 1.10 bits per heavy atom. The van der Waals surface area contributed by atoms with Gasteiger partial charge in [0, 0.05) is 23.8 Å². The average molecular weight is 290 g/mol. The van der Waals surface area contributed by atoms with Crippen molar-refractivity contribution in [2.45, 2.75) is 13.1 Å². The van der Waals surface area contributed by atoms with Crippen LogP contribution in [0.2, 0.25) is 5.02 Å². The summed E-state index contributed by atoms with van der Waals surface area (Å²) < 4.78 is 0. The fraction of sp³-hybridized carbons (Fsp3) is 0.133. The molecule has 0 atom stereocenters. The molecule has 20 heavy (non-hydrogen) atoms. The molecule has 2 aromatic carbocycles. The van der Waals surface area contributed by atoms with Crippen molar-refractivity contribution >= 4 is 23.3 Å². The summed E-state index contributed by atoms with van der Waals surface area (Å²) in [5, 5.41) is 6.16. The largest absolute Gasteiger partial charge is 0.334 e. The van der Waals surface area contributed by atoms with Crippen LogP contribution in [0.3, 0.4) is 0 Å². The van der Waals surface area contributed by atoms with E-state index in [0.29, 0.717) is 23.8 Å². The van der Waals surface area contributed by atoms with Gasteiger partial charge in [0.1, 0.15) is 0 Å². The lowest BCUT2D eigenvalue weighted by Crippen LogP contribution is -2.28. The minimum absolute atomic E-state index is 0.259. The maximum absolute atomic E-state index is 11.7. The summed E-state index contributed by atoms with van der Waals surface area (Å²) in [4.78, 5) is 11.7. The number of hydrogen-bond acceptors (Lipinski definition) is 2. The molecular weight excluding hydrogens is 274 g/mol. The third-order valence-corrected chi connectivity index (χ3v) is 3.03. The number of carbonyl (C=O) groups excluding carboxylic acids is 1. The van der Waals surface area contributed by atoms with Crippen molar-refractivity contribution in [2.75, 3.05) is 5.32 Å². The highest BCUT2D eigenvalue weighted by molar-refractivity contribution is 6.30. The van der Waals surface area contributed by atoms with Gasteiger partial charge >= 0.3 is 6.03 Å². The van der Waals surface area contributed by atoms with Gasteiger partial charge in [0.15, 0.2) is 0 Å². The number of nitrogens with one attached hydrogen (secondary N) is 2. The van der Waals surface area contributed by atoms with Crippen LogP contribution in [-0.2, 0) is 13.1 Å². The van der Waals surface area contributed by atoms with Crippen molar-refractivity contribution in [3.8, 4) is 0 Å². The predicted molar refractivity (Wildman–Crippen MR) is 81.6 cm³/mol. The van der Waals surface area contributed by atoms with Crippen LogP contribution in [0.1, 0.15) is 11.1 Å². The van der Waals surface area contributed by atoms with Crippen molar-refractivity contribution in [3.05, 3.63) is 64.7 Å². The smallest absolute Gasteiger partial charge is 0.319 e. The number of urea groups is 1. The van der Waals surface area contributed by atoms with Gasteiger partial charge in [-0.1, -0.05) is 35.9 Å². The first-order valence-corrected chi connectivity index (χ1v) is 6.63. The normalized spacial score (nSPS) is 10.1. The Morgan fingerprint density at radius 2 is 1.80 bits per heavy atom. The molecule has 4 N–H and O–H groups in total. The molecule has 2 aromatic rings. The average Bonchev–Trinajstić information content (AvgIpc) is 2.48. The Morgan fingerprint density at radius 3 is 2.50 bits per heavy atom. The van der Waals surface area contributed by atoms with E-state index in [0.717, 1.165) is 11.1 Å². The maximum Gasteiger partial charge on any atom is 0.319 e. The van der Waals surface area contributed by atoms with E-state index in [4.69, 9.17) is 17.3 Å². The van der Waals surface area contributed by atoms with Crippen molar-refractivity contribution in [2.24, 2.45) is 5.73 Å². The first kappa shape index (κ1) is 14.4. The zero-order chi connectivity index (χ0) is 14.4. The lowest BCUT2D eigenvalue weighted by molar-refractivity contribution is 0.251. The summed E-state index contributed by atoms with van der Waals surface area (Å²) in [6.07, 6.45) is 0. The second kappa shape index (κ2) is 6.93. The first-order valence-electron chi connectivity index (χ1n) is 6.25. The topological polar surface area (TPSA) is 67.1 Å². The van der Waals surface area contributed by atoms with Crippen LogP contribution in [0.5, 0.6) is 0 Å². The highest BCUT2D eigenvalue weighted by Gasteiger charge is 2.02. The van der Waals surface area contributed by atoms with Gasteiger partial charge in [0.05, 0.1) is 0 Å². The number of rotatable bonds is 4. The van der Waals surface area contributed by atoms with E-state index in [2.05, 4.69) is 10.6 Å². The lowest BCUT2D eigenvalue weighted by Gasteiger charge is -2.08. The fourth-order valence-electron chi connectivity index (χ4n) is 1.76. The molecule has 4 nitrogen and oxygen atoms in total. The SMILES string of the molecule is NCc1cccc(CNC(=O)Nc2ccc(Cl)cc2)c1. The number of halogens is 1. The zero-order valence-electron chi connectivity index (χ0n) is 10.9. The van der Waals surface area contributed by atoms with Crippen LogP contribution in [0.4, 0.5) is 10.5 Å². The van der Waals surface area contributed by atoms with Crippen LogP contribution >= 0.6 is 11.6 Å². The number of carbonyl (C=O) groups is 1. The second-order valence-corrected chi connectivity index (χ2v) is 4.78. The van der Waals surface area contributed by atoms with Crippen molar-refractivity contribution in [1.82, 2.24) is 5.32 Å². The second-order valence-electron chi connectivity index (χ2n) is 4.34. The van der Waals surface area contributed by atoms with Gasteiger partial charge in [-0.3, -0.25) is 0 Å². The molecule has 0 fully saturated rings. The van der Waals surface area contributed by atoms with Crippen molar-refractivity contribution in [1.29, 1.82) is 0 Å². The Labute approximate surface area is 122 Å². The van der Waals surface area contributed by atoms with Gasteiger partial charge in [-0.05, 0) is 35.4 Å². The van der Waals surface area contributed by atoms with E-state index in [1.54, 1.807) is 24.3 Å². The summed E-state index contributed by atoms with van der Waals surface area (Å²) in [5.41, 5.74) is 8.33. The highest BCUT2D eigenvalue weighted by Crippen LogP contribution is 2.13. The molecule has 0 bridgehead atoms. The molecule has 0 saturated carbocycles. The van der Waals surface area contributed by atoms with Crippen LogP contribution in [0.25, 0.3) is 0 Å². The Kier molecular flexibility index (Phi) is 4.98. The van der Waals surface area contributed by atoms with Gasteiger partial charge in [-0.15, -0.1) is 0 Å². The van der Waals surface area contributed by atoms with Gasteiger partial charge in [0.25, 0.3) is 0 Å². The molecule has 0 radical (unpaired) electrons. The Hall–Kier alpha value is -2.04. The lowest BCUT2D eigenvalue weighted by atomic mass is 10.1. The molecule has 2 amide bonds. The third-order valence-electron chi connectivity index (χ3n) is 2.78. The Bertz CT molecular complexity index is 584. The first-order chi connectivity index (χ1) is 9.67. The molecule has 104 valence electrons. The van der Waals surface area contributed by atoms with E-state index in [1.165, 1.54) is 0 Å². The summed E-state index contributed by atoms with van der Waals surface area (Å²) in [6, 6.07) is 14.5. The van der Waals surface area contributed by atoms with E-state index < -0.39 is 0 Å². The standard InChI is InChI=1S/C15H16ClN3O/c16-13-4-6-14(7-5-13)19-15(20)18-10-12-3-1-2-11(8-12)9-17/h1-8H,9-10,17H2,(H2,18,19,20). The van der Waals surface area contributed by atoms with Gasteiger partial charge in [-0.25, -0.2) is 4.79 Å². The van der Waals surface area contributed by atoms with Crippen LogP contribution in [0.15, 0.2) is 48.5 Å². The van der Waals surface area contributed by atoms with Gasteiger partial charge in [0.2, 0.25) is 0 Å². The molecule has 0 aliphatic rings. The number of hydrogen-bond donors (Lipinski definition) is 3. The van der Waals surface area contributed by atoms with Crippen molar-refractivity contribution in [3.63, 3.8) is 0 Å². The molecule has 0 aliphatic heterocycles. The minimum Gasteiger partial charge on any atom is -0.334 e.